The molecular weight excluding hydrogens is 712 g/mol. The number of pyridine rings is 1. The van der Waals surface area contributed by atoms with Gasteiger partial charge >= 0.3 is 0 Å². The van der Waals surface area contributed by atoms with Crippen LogP contribution in [0.2, 0.25) is 5.02 Å². The molecule has 3 aromatic carbocycles. The third-order valence-electron chi connectivity index (χ3n) is 10.1. The van der Waals surface area contributed by atoms with Crippen LogP contribution >= 0.6 is 11.6 Å². The number of fused-ring (bicyclic) bond motifs is 2. The number of hydrogen-bond acceptors (Lipinski definition) is 7. The van der Waals surface area contributed by atoms with Crippen LogP contribution in [0.4, 0.5) is 14.5 Å². The van der Waals surface area contributed by atoms with Crippen molar-refractivity contribution >= 4 is 45.1 Å². The average Bonchev–Trinajstić information content (AvgIpc) is 3.88. The third-order valence-corrected chi connectivity index (χ3v) is 10.4. The first-order chi connectivity index (χ1) is 26.2. The van der Waals surface area contributed by atoms with Crippen LogP contribution in [0.15, 0.2) is 79.3 Å². The Morgan fingerprint density at radius 1 is 1.02 bits per heavy atom. The van der Waals surface area contributed by atoms with E-state index >= 15 is 0 Å². The molecule has 276 valence electrons. The van der Waals surface area contributed by atoms with Crippen LogP contribution in [-0.4, -0.2) is 58.2 Å². The Labute approximate surface area is 315 Å². The lowest BCUT2D eigenvalue weighted by atomic mass is 9.93. The van der Waals surface area contributed by atoms with Crippen molar-refractivity contribution < 1.29 is 18.3 Å². The Hall–Kier alpha value is -5.66. The van der Waals surface area contributed by atoms with Crippen molar-refractivity contribution in [1.29, 1.82) is 0 Å². The second-order valence-corrected chi connectivity index (χ2v) is 14.1. The maximum Gasteiger partial charge on any atom is 0.255 e. The van der Waals surface area contributed by atoms with Crippen molar-refractivity contribution in [2.24, 2.45) is 0 Å². The third kappa shape index (κ3) is 7.29. The molecule has 1 fully saturated rings. The number of H-pyrrole nitrogens is 1. The Morgan fingerprint density at radius 2 is 1.87 bits per heavy atom. The smallest absolute Gasteiger partial charge is 0.255 e. The molecule has 1 saturated heterocycles. The zero-order valence-electron chi connectivity index (χ0n) is 29.8. The Morgan fingerprint density at radius 3 is 2.69 bits per heavy atom. The predicted octanol–water partition coefficient (Wildman–Crippen LogP) is 8.02. The number of carbonyl (C=O) groups is 1. The number of benzene rings is 3. The highest BCUT2D eigenvalue weighted by molar-refractivity contribution is 6.30. The molecule has 0 bridgehead atoms. The maximum absolute atomic E-state index is 14.7. The molecule has 4 aromatic heterocycles. The van der Waals surface area contributed by atoms with Crippen molar-refractivity contribution in [2.45, 2.75) is 58.8 Å². The normalized spacial score (nSPS) is 13.9. The zero-order valence-corrected chi connectivity index (χ0v) is 30.6. The molecule has 0 aliphatic carbocycles. The highest BCUT2D eigenvalue weighted by Crippen LogP contribution is 2.30. The Balaban J connectivity index is 0.980. The molecule has 0 spiro atoms. The van der Waals surface area contributed by atoms with Crippen molar-refractivity contribution in [3.63, 3.8) is 0 Å². The highest BCUT2D eigenvalue weighted by Gasteiger charge is 2.25. The first-order valence-electron chi connectivity index (χ1n) is 17.9. The van der Waals surface area contributed by atoms with Crippen LogP contribution in [-0.2, 0) is 26.2 Å². The summed E-state index contributed by atoms with van der Waals surface area (Å²) in [6.07, 6.45) is 5.54. The number of aromatic amines is 1. The highest BCUT2D eigenvalue weighted by atomic mass is 35.5. The van der Waals surface area contributed by atoms with Gasteiger partial charge in [0.2, 0.25) is 5.88 Å². The first kappa shape index (κ1) is 35.4. The second kappa shape index (κ2) is 15.0. The summed E-state index contributed by atoms with van der Waals surface area (Å²) in [5.41, 5.74) is 5.77. The number of halogens is 3. The van der Waals surface area contributed by atoms with Gasteiger partial charge in [-0.2, -0.15) is 5.10 Å². The van der Waals surface area contributed by atoms with E-state index in [4.69, 9.17) is 26.3 Å². The lowest BCUT2D eigenvalue weighted by molar-refractivity contribution is 0.102. The molecule has 7 aromatic rings. The van der Waals surface area contributed by atoms with Crippen molar-refractivity contribution in [3.8, 4) is 5.88 Å². The number of nitrogens with zero attached hydrogens (tertiary/aromatic N) is 7. The standard InChI is InChI=1S/C40H38ClF2N9O2/c1-3-51-23-44-19-30(51)20-52-36-10-9-29(45-40(53)27-15-31-24(2)48-49-39(31)33(43)16-27)18-35(36)46-37(52)21-50-13-11-25(12-14-50)34-5-4-6-38(47-34)54-22-26-7-8-28(41)17-32(26)42/h4-10,15-19,23,25H,3,11-14,20-22H2,1-2H3,(H,45,53)(H,48,49). The summed E-state index contributed by atoms with van der Waals surface area (Å²) in [5.74, 6) is 0.232. The number of imidazole rings is 2. The fourth-order valence-corrected chi connectivity index (χ4v) is 7.29. The quantitative estimate of drug-likeness (QED) is 0.138. The molecule has 1 aliphatic rings. The number of hydrogen-bond donors (Lipinski definition) is 2. The van der Waals surface area contributed by atoms with Crippen LogP contribution in [0.3, 0.4) is 0 Å². The molecule has 11 nitrogen and oxygen atoms in total. The van der Waals surface area contributed by atoms with Crippen LogP contribution < -0.4 is 10.1 Å². The van der Waals surface area contributed by atoms with Gasteiger partial charge in [0.15, 0.2) is 5.82 Å². The SMILES string of the molecule is CCn1cncc1Cn1c(CN2CCC(c3cccc(OCc4ccc(Cl)cc4F)n3)CC2)nc2cc(NC(=O)c3cc(F)c4n[nH]c(C)c4c3)ccc21. The molecule has 0 unspecified atom stereocenters. The summed E-state index contributed by atoms with van der Waals surface area (Å²) >= 11 is 5.89. The summed E-state index contributed by atoms with van der Waals surface area (Å²) < 4.78 is 39.2. The number of nitrogens with one attached hydrogen (secondary N) is 2. The van der Waals surface area contributed by atoms with Gasteiger partial charge in [-0.3, -0.25) is 14.8 Å². The predicted molar refractivity (Wildman–Crippen MR) is 203 cm³/mol. The van der Waals surface area contributed by atoms with E-state index < -0.39 is 17.5 Å². The number of anilines is 1. The van der Waals surface area contributed by atoms with Gasteiger partial charge in [0.05, 0.1) is 36.1 Å². The molecule has 8 rings (SSSR count). The summed E-state index contributed by atoms with van der Waals surface area (Å²) in [5, 5.41) is 10.6. The Bertz CT molecular complexity index is 2480. The zero-order chi connectivity index (χ0) is 37.3. The fourth-order valence-electron chi connectivity index (χ4n) is 7.13. The van der Waals surface area contributed by atoms with Crippen LogP contribution in [0, 0.1) is 18.6 Å². The molecule has 1 amide bonds. The van der Waals surface area contributed by atoms with Crippen molar-refractivity contribution in [3.05, 3.63) is 130 Å². The first-order valence-corrected chi connectivity index (χ1v) is 18.3. The van der Waals surface area contributed by atoms with E-state index in [1.807, 2.05) is 42.9 Å². The number of carbonyl (C=O) groups excluding carboxylic acids is 1. The van der Waals surface area contributed by atoms with E-state index in [0.717, 1.165) is 60.7 Å². The van der Waals surface area contributed by atoms with E-state index in [1.54, 1.807) is 31.2 Å². The van der Waals surface area contributed by atoms with Crippen molar-refractivity contribution in [2.75, 3.05) is 18.4 Å². The van der Waals surface area contributed by atoms with Crippen LogP contribution in [0.25, 0.3) is 21.9 Å². The number of rotatable bonds is 11. The molecule has 14 heteroatoms. The van der Waals surface area contributed by atoms with E-state index in [1.165, 1.54) is 12.1 Å². The van der Waals surface area contributed by atoms with Gasteiger partial charge in [-0.25, -0.2) is 23.7 Å². The molecule has 0 atom stereocenters. The molecule has 0 saturated carbocycles. The number of piperidine rings is 1. The summed E-state index contributed by atoms with van der Waals surface area (Å²) in [7, 11) is 0. The van der Waals surface area contributed by atoms with Crippen molar-refractivity contribution in [1.82, 2.24) is 39.2 Å². The monoisotopic (exact) mass is 749 g/mol. The number of aromatic nitrogens is 7. The minimum Gasteiger partial charge on any atom is -0.473 e. The number of ether oxygens (including phenoxy) is 1. The number of likely N-dealkylation sites (tertiary alicyclic amines) is 1. The molecular formula is C40H38ClF2N9O2. The minimum absolute atomic E-state index is 0.0633. The summed E-state index contributed by atoms with van der Waals surface area (Å²) in [4.78, 5) is 29.9. The van der Waals surface area contributed by atoms with E-state index in [2.05, 4.69) is 41.5 Å². The molecule has 2 N–H and O–H groups in total. The Kier molecular flexibility index (Phi) is 9.82. The van der Waals surface area contributed by atoms with E-state index in [9.17, 15) is 13.6 Å². The minimum atomic E-state index is -0.557. The molecule has 1 aliphatic heterocycles. The second-order valence-electron chi connectivity index (χ2n) is 13.6. The summed E-state index contributed by atoms with van der Waals surface area (Å²) in [6, 6.07) is 18.8. The van der Waals surface area contributed by atoms with Crippen LogP contribution in [0.5, 0.6) is 5.88 Å². The molecule has 5 heterocycles. The topological polar surface area (TPSA) is 119 Å². The maximum atomic E-state index is 14.7. The van der Waals surface area contributed by atoms with Gasteiger partial charge in [0, 0.05) is 63.3 Å². The molecule has 0 radical (unpaired) electrons. The van der Waals surface area contributed by atoms with Gasteiger partial charge in [-0.05, 0) is 88.3 Å². The number of amides is 1. The largest absolute Gasteiger partial charge is 0.473 e. The average molecular weight is 750 g/mol. The fraction of sp³-hybridized carbons (Fsp3) is 0.275. The summed E-state index contributed by atoms with van der Waals surface area (Å²) in [6.45, 7) is 7.65. The lowest BCUT2D eigenvalue weighted by Crippen LogP contribution is -2.33. The van der Waals surface area contributed by atoms with Gasteiger partial charge in [-0.1, -0.05) is 23.7 Å². The van der Waals surface area contributed by atoms with E-state index in [0.29, 0.717) is 46.3 Å². The van der Waals surface area contributed by atoms with Gasteiger partial charge in [-0.15, -0.1) is 0 Å². The van der Waals surface area contributed by atoms with Gasteiger partial charge in [0.1, 0.15) is 23.8 Å². The molecule has 54 heavy (non-hydrogen) atoms. The van der Waals surface area contributed by atoms with Gasteiger partial charge < -0.3 is 19.2 Å². The lowest BCUT2D eigenvalue weighted by Gasteiger charge is -2.31. The number of aryl methyl sites for hydroxylation is 2. The van der Waals surface area contributed by atoms with Gasteiger partial charge in [0.25, 0.3) is 5.91 Å². The van der Waals surface area contributed by atoms with E-state index in [-0.39, 0.29) is 23.6 Å². The van der Waals surface area contributed by atoms with Crippen LogP contribution in [0.1, 0.15) is 64.5 Å².